The number of hydrogen-bond donors (Lipinski definition) is 0. The van der Waals surface area contributed by atoms with Crippen LogP contribution in [0.2, 0.25) is 0 Å². The lowest BCUT2D eigenvalue weighted by Gasteiger charge is -2.25. The van der Waals surface area contributed by atoms with Gasteiger partial charge in [0.2, 0.25) is 0 Å². The summed E-state index contributed by atoms with van der Waals surface area (Å²) < 4.78 is 37.1. The zero-order chi connectivity index (χ0) is 13.8. The number of rotatable bonds is 4. The van der Waals surface area contributed by atoms with Crippen molar-refractivity contribution >= 4 is 5.78 Å². The molecule has 1 aromatic carbocycles. The molecule has 0 aliphatic carbocycles. The Morgan fingerprint density at radius 2 is 2.21 bits per heavy atom. The van der Waals surface area contributed by atoms with Gasteiger partial charge in [0, 0.05) is 12.7 Å². The fourth-order valence-corrected chi connectivity index (χ4v) is 2.02. The smallest absolute Gasteiger partial charge is 0.194 e. The van der Waals surface area contributed by atoms with Crippen LogP contribution in [0, 0.1) is 11.6 Å². The maximum atomic E-state index is 13.5. The number of ketones is 1. The lowest BCUT2D eigenvalue weighted by Crippen LogP contribution is -2.31. The first-order chi connectivity index (χ1) is 9.08. The van der Waals surface area contributed by atoms with E-state index in [0.29, 0.717) is 12.7 Å². The van der Waals surface area contributed by atoms with Crippen LogP contribution in [-0.2, 0) is 9.47 Å². The molecule has 1 aromatic rings. The van der Waals surface area contributed by atoms with Crippen LogP contribution in [0.4, 0.5) is 8.78 Å². The first-order valence-electron chi connectivity index (χ1n) is 6.34. The number of hydrogen-bond acceptors (Lipinski definition) is 3. The van der Waals surface area contributed by atoms with Gasteiger partial charge >= 0.3 is 0 Å². The molecule has 1 saturated heterocycles. The minimum atomic E-state index is -0.870. The second kappa shape index (κ2) is 6.21. The number of Topliss-reactive ketones (excluding diaryl/α,β-unsaturated/α-hetero) is 1. The van der Waals surface area contributed by atoms with Gasteiger partial charge in [-0.25, -0.2) is 8.78 Å². The predicted molar refractivity (Wildman–Crippen MR) is 64.8 cm³/mol. The molecule has 0 bridgehead atoms. The SMILES string of the molecule is CC(O[C@H]1CCCCO1)C(=O)c1ccc(F)cc1F. The minimum Gasteiger partial charge on any atom is -0.353 e. The third-order valence-electron chi connectivity index (χ3n) is 3.06. The second-order valence-electron chi connectivity index (χ2n) is 4.56. The van der Waals surface area contributed by atoms with E-state index in [0.717, 1.165) is 31.4 Å². The van der Waals surface area contributed by atoms with Crippen LogP contribution in [0.5, 0.6) is 0 Å². The highest BCUT2D eigenvalue weighted by molar-refractivity contribution is 5.99. The Labute approximate surface area is 110 Å². The Balaban J connectivity index is 2.01. The lowest BCUT2D eigenvalue weighted by molar-refractivity contribution is -0.174. The van der Waals surface area contributed by atoms with Crippen LogP contribution < -0.4 is 0 Å². The highest BCUT2D eigenvalue weighted by Gasteiger charge is 2.24. The molecule has 0 saturated carbocycles. The molecule has 1 fully saturated rings. The Hall–Kier alpha value is -1.33. The quantitative estimate of drug-likeness (QED) is 0.789. The molecule has 1 heterocycles. The van der Waals surface area contributed by atoms with Gasteiger partial charge in [-0.3, -0.25) is 4.79 Å². The van der Waals surface area contributed by atoms with Crippen molar-refractivity contribution in [1.29, 1.82) is 0 Å². The van der Waals surface area contributed by atoms with Crippen molar-refractivity contribution in [2.75, 3.05) is 6.61 Å². The van der Waals surface area contributed by atoms with Gasteiger partial charge in [-0.15, -0.1) is 0 Å². The summed E-state index contributed by atoms with van der Waals surface area (Å²) in [7, 11) is 0. The van der Waals surface area contributed by atoms with Crippen LogP contribution in [0.25, 0.3) is 0 Å². The Bertz CT molecular complexity index is 456. The van der Waals surface area contributed by atoms with Crippen molar-refractivity contribution in [3.8, 4) is 0 Å². The Morgan fingerprint density at radius 1 is 1.42 bits per heavy atom. The van der Waals surface area contributed by atoms with Crippen LogP contribution in [0.15, 0.2) is 18.2 Å². The van der Waals surface area contributed by atoms with Crippen molar-refractivity contribution < 1.29 is 23.0 Å². The van der Waals surface area contributed by atoms with Crippen LogP contribution in [-0.4, -0.2) is 24.8 Å². The van der Waals surface area contributed by atoms with E-state index < -0.39 is 29.8 Å². The van der Waals surface area contributed by atoms with Gasteiger partial charge in [-0.1, -0.05) is 0 Å². The summed E-state index contributed by atoms with van der Waals surface area (Å²) in [5, 5.41) is 0. The molecule has 3 nitrogen and oxygen atoms in total. The number of halogens is 2. The summed E-state index contributed by atoms with van der Waals surface area (Å²) in [5.41, 5.74) is -0.162. The summed E-state index contributed by atoms with van der Waals surface area (Å²) in [6.45, 7) is 2.15. The topological polar surface area (TPSA) is 35.5 Å². The zero-order valence-corrected chi connectivity index (χ0v) is 10.7. The Morgan fingerprint density at radius 3 is 2.84 bits per heavy atom. The fraction of sp³-hybridized carbons (Fsp3) is 0.500. The molecule has 1 aliphatic rings. The molecule has 2 atom stereocenters. The summed E-state index contributed by atoms with van der Waals surface area (Å²) >= 11 is 0. The maximum Gasteiger partial charge on any atom is 0.194 e. The van der Waals surface area contributed by atoms with E-state index in [9.17, 15) is 13.6 Å². The summed E-state index contributed by atoms with van der Waals surface area (Å²) in [5.74, 6) is -2.09. The van der Waals surface area contributed by atoms with E-state index in [1.165, 1.54) is 0 Å². The molecule has 5 heteroatoms. The fourth-order valence-electron chi connectivity index (χ4n) is 2.02. The molecule has 1 unspecified atom stereocenters. The van der Waals surface area contributed by atoms with Crippen molar-refractivity contribution in [3.63, 3.8) is 0 Å². The molecular formula is C14H16F2O3. The molecule has 0 N–H and O–H groups in total. The van der Waals surface area contributed by atoms with E-state index in [2.05, 4.69) is 0 Å². The predicted octanol–water partition coefficient (Wildman–Crippen LogP) is 3.08. The minimum absolute atomic E-state index is 0.162. The molecule has 0 amide bonds. The second-order valence-corrected chi connectivity index (χ2v) is 4.56. The van der Waals surface area contributed by atoms with Gasteiger partial charge in [-0.2, -0.15) is 0 Å². The van der Waals surface area contributed by atoms with Gasteiger partial charge in [0.15, 0.2) is 12.1 Å². The van der Waals surface area contributed by atoms with E-state index in [1.807, 2.05) is 0 Å². The van der Waals surface area contributed by atoms with Gasteiger partial charge < -0.3 is 9.47 Å². The van der Waals surface area contributed by atoms with Crippen LogP contribution in [0.3, 0.4) is 0 Å². The Kier molecular flexibility index (Phi) is 4.61. The van der Waals surface area contributed by atoms with Gasteiger partial charge in [0.05, 0.1) is 5.56 Å². The third-order valence-corrected chi connectivity index (χ3v) is 3.06. The largest absolute Gasteiger partial charge is 0.353 e. The molecule has 2 rings (SSSR count). The highest BCUT2D eigenvalue weighted by Crippen LogP contribution is 2.18. The molecule has 19 heavy (non-hydrogen) atoms. The molecule has 1 aliphatic heterocycles. The van der Waals surface area contributed by atoms with Gasteiger partial charge in [0.25, 0.3) is 0 Å². The van der Waals surface area contributed by atoms with Crippen LogP contribution in [0.1, 0.15) is 36.5 Å². The average Bonchev–Trinajstić information content (AvgIpc) is 2.39. The van der Waals surface area contributed by atoms with Crippen LogP contribution >= 0.6 is 0 Å². The summed E-state index contributed by atoms with van der Waals surface area (Å²) in [4.78, 5) is 12.0. The normalized spacial score (nSPS) is 21.1. The molecule has 0 radical (unpaired) electrons. The number of carbonyl (C=O) groups excluding carboxylic acids is 1. The van der Waals surface area contributed by atoms with Gasteiger partial charge in [-0.05, 0) is 38.3 Å². The van der Waals surface area contributed by atoms with E-state index in [1.54, 1.807) is 6.92 Å². The monoisotopic (exact) mass is 270 g/mol. The van der Waals surface area contributed by atoms with Crippen molar-refractivity contribution in [2.24, 2.45) is 0 Å². The summed E-state index contributed by atoms with van der Waals surface area (Å²) in [6.07, 6.45) is 1.45. The van der Waals surface area contributed by atoms with Gasteiger partial charge in [0.1, 0.15) is 17.7 Å². The average molecular weight is 270 g/mol. The number of ether oxygens (including phenoxy) is 2. The highest BCUT2D eigenvalue weighted by atomic mass is 19.1. The van der Waals surface area contributed by atoms with Crippen molar-refractivity contribution in [3.05, 3.63) is 35.4 Å². The van der Waals surface area contributed by atoms with E-state index in [-0.39, 0.29) is 5.56 Å². The third kappa shape index (κ3) is 3.58. The molecule has 0 aromatic heterocycles. The molecule has 0 spiro atoms. The molecule has 104 valence electrons. The zero-order valence-electron chi connectivity index (χ0n) is 10.7. The van der Waals surface area contributed by atoms with Crippen molar-refractivity contribution in [2.45, 2.75) is 38.6 Å². The van der Waals surface area contributed by atoms with Crippen molar-refractivity contribution in [1.82, 2.24) is 0 Å². The number of carbonyl (C=O) groups is 1. The van der Waals surface area contributed by atoms with E-state index >= 15 is 0 Å². The standard InChI is InChI=1S/C14H16F2O3/c1-9(19-13-4-2-3-7-18-13)14(17)11-6-5-10(15)8-12(11)16/h5-6,8-9,13H,2-4,7H2,1H3/t9?,13-/m0/s1. The summed E-state index contributed by atoms with van der Waals surface area (Å²) in [6, 6.07) is 2.88. The van der Waals surface area contributed by atoms with E-state index in [4.69, 9.17) is 9.47 Å². The number of benzene rings is 1. The maximum absolute atomic E-state index is 13.5. The first kappa shape index (κ1) is 14.1. The first-order valence-corrected chi connectivity index (χ1v) is 6.34. The lowest BCUT2D eigenvalue weighted by atomic mass is 10.1. The molecular weight excluding hydrogens is 254 g/mol.